The van der Waals surface area contributed by atoms with Crippen LogP contribution in [0.4, 0.5) is 4.39 Å². The molecule has 1 aromatic heterocycles. The highest BCUT2D eigenvalue weighted by atomic mass is 35.5. The highest BCUT2D eigenvalue weighted by Gasteiger charge is 2.17. The molecule has 31 heavy (non-hydrogen) atoms. The van der Waals surface area contributed by atoms with Gasteiger partial charge in [0, 0.05) is 40.8 Å². The second-order valence-corrected chi connectivity index (χ2v) is 8.20. The Hall–Kier alpha value is -2.92. The van der Waals surface area contributed by atoms with Crippen LogP contribution in [-0.4, -0.2) is 29.0 Å². The van der Waals surface area contributed by atoms with Crippen molar-refractivity contribution < 1.29 is 4.39 Å². The van der Waals surface area contributed by atoms with Crippen molar-refractivity contribution in [3.05, 3.63) is 95.8 Å². The Bertz CT molecular complexity index is 1010. The Labute approximate surface area is 188 Å². The zero-order chi connectivity index (χ0) is 22.2. The van der Waals surface area contributed by atoms with Crippen LogP contribution in [0.1, 0.15) is 24.1 Å². The third-order valence-corrected chi connectivity index (χ3v) is 5.53. The second-order valence-electron chi connectivity index (χ2n) is 7.77. The van der Waals surface area contributed by atoms with E-state index in [1.165, 1.54) is 12.5 Å². The van der Waals surface area contributed by atoms with Crippen LogP contribution >= 0.6 is 11.6 Å². The maximum atomic E-state index is 12.3. The van der Waals surface area contributed by atoms with Gasteiger partial charge in [0.1, 0.15) is 5.82 Å². The third-order valence-electron chi connectivity index (χ3n) is 5.30. The van der Waals surface area contributed by atoms with Gasteiger partial charge in [0.15, 0.2) is 0 Å². The zero-order valence-corrected chi connectivity index (χ0v) is 18.7. The van der Waals surface area contributed by atoms with Gasteiger partial charge >= 0.3 is 0 Å². The Morgan fingerprint density at radius 2 is 2.10 bits per heavy atom. The summed E-state index contributed by atoms with van der Waals surface area (Å²) in [6.07, 6.45) is 4.26. The van der Waals surface area contributed by atoms with E-state index in [9.17, 15) is 4.39 Å². The predicted octanol–water partition coefficient (Wildman–Crippen LogP) is 5.71. The molecule has 4 nitrogen and oxygen atoms in total. The molecule has 1 unspecified atom stereocenters. The van der Waals surface area contributed by atoms with Crippen molar-refractivity contribution in [1.29, 1.82) is 0 Å². The molecule has 6 heteroatoms. The molecule has 2 aromatic carbocycles. The highest BCUT2D eigenvalue weighted by molar-refractivity contribution is 6.31. The van der Waals surface area contributed by atoms with Crippen LogP contribution in [0.15, 0.2) is 73.7 Å². The molecule has 4 rings (SSSR count). The second kappa shape index (κ2) is 10.9. The van der Waals surface area contributed by atoms with Crippen molar-refractivity contribution in [3.63, 3.8) is 0 Å². The minimum atomic E-state index is -0.132. The standard InChI is InChI=1S/C18H23ClN4.C7H7F/c1-3-23-8-4-5-16(12-23)21-13(2)20-11-17-10-14-9-15(19)6-7-18(14)22-17;1-6-4-2-3-5-7(6)8/h3,6-7,9-10,16,20-22H,1-2,4-5,8,11-12H2;2-5H,1H3. The molecule has 0 spiro atoms. The van der Waals surface area contributed by atoms with Crippen LogP contribution < -0.4 is 10.6 Å². The van der Waals surface area contributed by atoms with E-state index in [0.717, 1.165) is 47.0 Å². The van der Waals surface area contributed by atoms with E-state index in [2.05, 4.69) is 39.7 Å². The fourth-order valence-electron chi connectivity index (χ4n) is 3.60. The lowest BCUT2D eigenvalue weighted by Gasteiger charge is -2.33. The number of benzene rings is 2. The Morgan fingerprint density at radius 3 is 2.81 bits per heavy atom. The van der Waals surface area contributed by atoms with Crippen LogP contribution in [0.5, 0.6) is 0 Å². The number of fused-ring (bicyclic) bond motifs is 1. The molecule has 164 valence electrons. The largest absolute Gasteiger partial charge is 0.376 e. The van der Waals surface area contributed by atoms with Gasteiger partial charge in [-0.25, -0.2) is 4.39 Å². The first-order valence-corrected chi connectivity index (χ1v) is 10.9. The van der Waals surface area contributed by atoms with Gasteiger partial charge in [-0.2, -0.15) is 0 Å². The summed E-state index contributed by atoms with van der Waals surface area (Å²) in [4.78, 5) is 5.63. The molecule has 1 atom stereocenters. The number of H-pyrrole nitrogens is 1. The molecule has 1 saturated heterocycles. The van der Waals surface area contributed by atoms with Crippen molar-refractivity contribution in [2.45, 2.75) is 32.4 Å². The lowest BCUT2D eigenvalue weighted by molar-refractivity contribution is 0.259. The van der Waals surface area contributed by atoms with E-state index in [-0.39, 0.29) is 5.82 Å². The summed E-state index contributed by atoms with van der Waals surface area (Å²) in [5.41, 5.74) is 2.91. The summed E-state index contributed by atoms with van der Waals surface area (Å²) in [6, 6.07) is 15.1. The molecule has 1 aliphatic heterocycles. The van der Waals surface area contributed by atoms with Gasteiger partial charge < -0.3 is 20.5 Å². The van der Waals surface area contributed by atoms with Gasteiger partial charge in [0.05, 0.1) is 12.4 Å². The van der Waals surface area contributed by atoms with Gasteiger partial charge in [-0.3, -0.25) is 0 Å². The van der Waals surface area contributed by atoms with E-state index in [0.29, 0.717) is 18.2 Å². The number of halogens is 2. The molecule has 0 amide bonds. The number of hydrogen-bond acceptors (Lipinski definition) is 3. The van der Waals surface area contributed by atoms with E-state index >= 15 is 0 Å². The molecular weight excluding hydrogens is 411 g/mol. The van der Waals surface area contributed by atoms with E-state index in [1.54, 1.807) is 19.1 Å². The van der Waals surface area contributed by atoms with Crippen molar-refractivity contribution in [2.75, 3.05) is 13.1 Å². The smallest absolute Gasteiger partial charge is 0.126 e. The summed E-state index contributed by atoms with van der Waals surface area (Å²) in [6.45, 7) is 12.5. The maximum absolute atomic E-state index is 12.3. The average molecular weight is 441 g/mol. The number of nitrogens with zero attached hydrogens (tertiary/aromatic N) is 1. The molecule has 3 aromatic rings. The summed E-state index contributed by atoms with van der Waals surface area (Å²) in [5, 5.41) is 8.69. The minimum Gasteiger partial charge on any atom is -0.376 e. The lowest BCUT2D eigenvalue weighted by Crippen LogP contribution is -2.44. The number of aromatic amines is 1. The quantitative estimate of drug-likeness (QED) is 0.459. The summed E-state index contributed by atoms with van der Waals surface area (Å²) in [5.74, 6) is 0.727. The van der Waals surface area contributed by atoms with Crippen LogP contribution in [0.25, 0.3) is 10.9 Å². The van der Waals surface area contributed by atoms with Crippen molar-refractivity contribution in [3.8, 4) is 0 Å². The molecule has 3 N–H and O–H groups in total. The number of aryl methyl sites for hydroxylation is 1. The first-order valence-electron chi connectivity index (χ1n) is 10.5. The number of likely N-dealkylation sites (tertiary alicyclic amines) is 1. The first-order chi connectivity index (χ1) is 14.9. The van der Waals surface area contributed by atoms with Crippen LogP contribution in [0, 0.1) is 12.7 Å². The molecule has 0 saturated carbocycles. The van der Waals surface area contributed by atoms with Gasteiger partial charge in [-0.1, -0.05) is 43.0 Å². The van der Waals surface area contributed by atoms with E-state index in [4.69, 9.17) is 11.6 Å². The minimum absolute atomic E-state index is 0.132. The number of hydrogen-bond donors (Lipinski definition) is 3. The molecule has 2 heterocycles. The molecule has 1 fully saturated rings. The highest BCUT2D eigenvalue weighted by Crippen LogP contribution is 2.20. The Morgan fingerprint density at radius 1 is 1.29 bits per heavy atom. The van der Waals surface area contributed by atoms with E-state index in [1.807, 2.05) is 30.5 Å². The van der Waals surface area contributed by atoms with Crippen LogP contribution in [0.2, 0.25) is 5.02 Å². The van der Waals surface area contributed by atoms with Crippen molar-refractivity contribution >= 4 is 22.5 Å². The summed E-state index contributed by atoms with van der Waals surface area (Å²) < 4.78 is 12.3. The fraction of sp³-hybridized carbons (Fsp3) is 0.280. The molecule has 0 aliphatic carbocycles. The summed E-state index contributed by atoms with van der Waals surface area (Å²) >= 11 is 6.02. The number of nitrogens with one attached hydrogen (secondary N) is 3. The molecule has 0 bridgehead atoms. The fourth-order valence-corrected chi connectivity index (χ4v) is 3.78. The SMILES string of the molecule is C=CN1CCCC(NC(=C)NCc2cc3cc(Cl)ccc3[nH]2)C1.Cc1ccccc1F. The molecular formula is C25H30ClFN4. The predicted molar refractivity (Wildman–Crippen MR) is 128 cm³/mol. The van der Waals surface area contributed by atoms with Crippen molar-refractivity contribution in [2.24, 2.45) is 0 Å². The topological polar surface area (TPSA) is 43.1 Å². The average Bonchev–Trinajstić information content (AvgIpc) is 3.17. The Kier molecular flexibility index (Phi) is 8.01. The van der Waals surface area contributed by atoms with Gasteiger partial charge in [-0.05, 0) is 61.9 Å². The normalized spacial score (nSPS) is 15.7. The molecule has 0 radical (unpaired) electrons. The Balaban J connectivity index is 0.000000287. The number of rotatable bonds is 6. The maximum Gasteiger partial charge on any atom is 0.126 e. The summed E-state index contributed by atoms with van der Waals surface area (Å²) in [7, 11) is 0. The van der Waals surface area contributed by atoms with E-state index < -0.39 is 0 Å². The third kappa shape index (κ3) is 6.79. The molecule has 1 aliphatic rings. The van der Waals surface area contributed by atoms with Gasteiger partial charge in [0.2, 0.25) is 0 Å². The zero-order valence-electron chi connectivity index (χ0n) is 17.9. The van der Waals surface area contributed by atoms with Crippen molar-refractivity contribution in [1.82, 2.24) is 20.5 Å². The lowest BCUT2D eigenvalue weighted by atomic mass is 10.1. The van der Waals surface area contributed by atoms with Crippen LogP contribution in [0.3, 0.4) is 0 Å². The van der Waals surface area contributed by atoms with Gasteiger partial charge in [-0.15, -0.1) is 0 Å². The number of piperidine rings is 1. The van der Waals surface area contributed by atoms with Crippen LogP contribution in [-0.2, 0) is 6.54 Å². The monoisotopic (exact) mass is 440 g/mol. The number of aromatic nitrogens is 1. The first kappa shape index (κ1) is 22.8. The van der Waals surface area contributed by atoms with Gasteiger partial charge in [0.25, 0.3) is 0 Å².